The lowest BCUT2D eigenvalue weighted by molar-refractivity contribution is 0.0953. The molecule has 0 aliphatic rings. The van der Waals surface area contributed by atoms with Gasteiger partial charge in [0.2, 0.25) is 0 Å². The van der Waals surface area contributed by atoms with Crippen molar-refractivity contribution in [3.05, 3.63) is 41.5 Å². The Morgan fingerprint density at radius 1 is 1.32 bits per heavy atom. The number of hydrogen-bond donors (Lipinski definition) is 1. The monoisotopic (exact) mass is 357 g/mol. The molecule has 0 saturated heterocycles. The standard InChI is InChI=1S/C18H23N5OS/c1-3-22(4-2)11-6-9-20-18(24)14-13-21-23-15(8-10-19-17(14)23)16-7-5-12-25-16/h5,7-8,10,12-13H,3-4,6,9,11H2,1-2H3,(H,20,24). The van der Waals surface area contributed by atoms with E-state index in [1.807, 2.05) is 23.6 Å². The van der Waals surface area contributed by atoms with E-state index in [0.717, 1.165) is 36.6 Å². The first-order valence-electron chi connectivity index (χ1n) is 8.61. The van der Waals surface area contributed by atoms with Crippen molar-refractivity contribution in [1.82, 2.24) is 24.8 Å². The molecule has 0 aromatic carbocycles. The van der Waals surface area contributed by atoms with Crippen LogP contribution in [0.1, 0.15) is 30.6 Å². The largest absolute Gasteiger partial charge is 0.352 e. The van der Waals surface area contributed by atoms with E-state index in [0.29, 0.717) is 17.8 Å². The molecule has 1 amide bonds. The van der Waals surface area contributed by atoms with Crippen LogP contribution in [0, 0.1) is 0 Å². The number of rotatable bonds is 8. The Morgan fingerprint density at radius 2 is 2.16 bits per heavy atom. The summed E-state index contributed by atoms with van der Waals surface area (Å²) in [5, 5.41) is 9.37. The molecule has 3 heterocycles. The molecule has 25 heavy (non-hydrogen) atoms. The maximum atomic E-state index is 12.5. The fourth-order valence-electron chi connectivity index (χ4n) is 2.80. The summed E-state index contributed by atoms with van der Waals surface area (Å²) >= 11 is 1.64. The van der Waals surface area contributed by atoms with Gasteiger partial charge in [-0.2, -0.15) is 5.10 Å². The van der Waals surface area contributed by atoms with Crippen LogP contribution in [0.15, 0.2) is 36.0 Å². The van der Waals surface area contributed by atoms with Crippen LogP contribution in [-0.2, 0) is 0 Å². The van der Waals surface area contributed by atoms with E-state index in [9.17, 15) is 4.79 Å². The number of nitrogens with zero attached hydrogens (tertiary/aromatic N) is 4. The van der Waals surface area contributed by atoms with Crippen LogP contribution < -0.4 is 5.32 Å². The molecular formula is C18H23N5OS. The van der Waals surface area contributed by atoms with E-state index >= 15 is 0 Å². The average molecular weight is 357 g/mol. The lowest BCUT2D eigenvalue weighted by Gasteiger charge is -2.17. The lowest BCUT2D eigenvalue weighted by atomic mass is 10.3. The summed E-state index contributed by atoms with van der Waals surface area (Å²) in [5.41, 5.74) is 2.05. The minimum absolute atomic E-state index is 0.120. The second-order valence-electron chi connectivity index (χ2n) is 5.74. The van der Waals surface area contributed by atoms with Gasteiger partial charge in [0.1, 0.15) is 5.56 Å². The third-order valence-electron chi connectivity index (χ3n) is 4.25. The van der Waals surface area contributed by atoms with Gasteiger partial charge in [-0.05, 0) is 43.6 Å². The summed E-state index contributed by atoms with van der Waals surface area (Å²) in [4.78, 5) is 20.3. The van der Waals surface area contributed by atoms with E-state index in [4.69, 9.17) is 0 Å². The van der Waals surface area contributed by atoms with Gasteiger partial charge < -0.3 is 10.2 Å². The molecule has 0 radical (unpaired) electrons. The maximum Gasteiger partial charge on any atom is 0.256 e. The summed E-state index contributed by atoms with van der Waals surface area (Å²) in [6.07, 6.45) is 4.25. The van der Waals surface area contributed by atoms with E-state index in [1.54, 1.807) is 28.2 Å². The highest BCUT2D eigenvalue weighted by Gasteiger charge is 2.16. The van der Waals surface area contributed by atoms with Crippen LogP contribution in [0.25, 0.3) is 16.2 Å². The van der Waals surface area contributed by atoms with Crippen molar-refractivity contribution in [2.45, 2.75) is 20.3 Å². The molecule has 1 N–H and O–H groups in total. The first-order chi connectivity index (χ1) is 12.2. The highest BCUT2D eigenvalue weighted by Crippen LogP contribution is 2.25. The van der Waals surface area contributed by atoms with Gasteiger partial charge in [-0.3, -0.25) is 4.79 Å². The van der Waals surface area contributed by atoms with Gasteiger partial charge in [0.05, 0.1) is 16.8 Å². The van der Waals surface area contributed by atoms with Crippen molar-refractivity contribution in [1.29, 1.82) is 0 Å². The zero-order valence-corrected chi connectivity index (χ0v) is 15.4. The summed E-state index contributed by atoms with van der Waals surface area (Å²) in [5.74, 6) is -0.120. The normalized spacial score (nSPS) is 11.3. The van der Waals surface area contributed by atoms with Crippen LogP contribution in [-0.4, -0.2) is 51.6 Å². The fourth-order valence-corrected chi connectivity index (χ4v) is 3.54. The van der Waals surface area contributed by atoms with Gasteiger partial charge in [-0.25, -0.2) is 9.50 Å². The minimum atomic E-state index is -0.120. The van der Waals surface area contributed by atoms with Gasteiger partial charge in [-0.1, -0.05) is 19.9 Å². The quantitative estimate of drug-likeness (QED) is 0.630. The molecule has 6 nitrogen and oxygen atoms in total. The summed E-state index contributed by atoms with van der Waals surface area (Å²) in [7, 11) is 0. The highest BCUT2D eigenvalue weighted by atomic mass is 32.1. The Morgan fingerprint density at radius 3 is 2.88 bits per heavy atom. The van der Waals surface area contributed by atoms with Crippen molar-refractivity contribution in [3.63, 3.8) is 0 Å². The number of amides is 1. The van der Waals surface area contributed by atoms with Crippen LogP contribution in [0.5, 0.6) is 0 Å². The molecule has 0 bridgehead atoms. The number of hydrogen-bond acceptors (Lipinski definition) is 5. The van der Waals surface area contributed by atoms with E-state index in [-0.39, 0.29) is 5.91 Å². The number of thiophene rings is 1. The van der Waals surface area contributed by atoms with Crippen LogP contribution in [0.3, 0.4) is 0 Å². The lowest BCUT2D eigenvalue weighted by Crippen LogP contribution is -2.29. The van der Waals surface area contributed by atoms with Crippen molar-refractivity contribution in [2.75, 3.05) is 26.2 Å². The number of fused-ring (bicyclic) bond motifs is 1. The highest BCUT2D eigenvalue weighted by molar-refractivity contribution is 7.13. The van der Waals surface area contributed by atoms with Crippen molar-refractivity contribution < 1.29 is 4.79 Å². The summed E-state index contributed by atoms with van der Waals surface area (Å²) < 4.78 is 1.73. The second-order valence-corrected chi connectivity index (χ2v) is 6.69. The molecular weight excluding hydrogens is 334 g/mol. The van der Waals surface area contributed by atoms with Crippen LogP contribution in [0.4, 0.5) is 0 Å². The van der Waals surface area contributed by atoms with Gasteiger partial charge in [0.15, 0.2) is 5.65 Å². The topological polar surface area (TPSA) is 62.5 Å². The Balaban J connectivity index is 1.70. The van der Waals surface area contributed by atoms with E-state index in [1.165, 1.54) is 0 Å². The third kappa shape index (κ3) is 3.88. The van der Waals surface area contributed by atoms with E-state index < -0.39 is 0 Å². The number of aromatic nitrogens is 3. The Hall–Kier alpha value is -2.25. The molecule has 0 saturated carbocycles. The molecule has 3 aromatic heterocycles. The first-order valence-corrected chi connectivity index (χ1v) is 9.49. The number of carbonyl (C=O) groups excluding carboxylic acids is 1. The van der Waals surface area contributed by atoms with Crippen LogP contribution >= 0.6 is 11.3 Å². The van der Waals surface area contributed by atoms with Gasteiger partial charge >= 0.3 is 0 Å². The molecule has 3 rings (SSSR count). The number of nitrogens with one attached hydrogen (secondary N) is 1. The van der Waals surface area contributed by atoms with Gasteiger partial charge in [-0.15, -0.1) is 11.3 Å². The second kappa shape index (κ2) is 8.22. The van der Waals surface area contributed by atoms with Crippen molar-refractivity contribution in [3.8, 4) is 10.6 Å². The Bertz CT molecular complexity index is 823. The SMILES string of the molecule is CCN(CC)CCCNC(=O)c1cnn2c(-c3cccs3)ccnc12. The molecule has 7 heteroatoms. The van der Waals surface area contributed by atoms with Crippen LogP contribution in [0.2, 0.25) is 0 Å². The number of carbonyl (C=O) groups is 1. The zero-order chi connectivity index (χ0) is 17.6. The molecule has 0 aliphatic carbocycles. The zero-order valence-electron chi connectivity index (χ0n) is 14.6. The molecule has 3 aromatic rings. The maximum absolute atomic E-state index is 12.5. The minimum Gasteiger partial charge on any atom is -0.352 e. The Labute approximate surface area is 151 Å². The summed E-state index contributed by atoms with van der Waals surface area (Å²) in [6, 6.07) is 5.95. The molecule has 0 spiro atoms. The van der Waals surface area contributed by atoms with Gasteiger partial charge in [0, 0.05) is 12.7 Å². The Kier molecular flexibility index (Phi) is 5.78. The van der Waals surface area contributed by atoms with Gasteiger partial charge in [0.25, 0.3) is 5.91 Å². The van der Waals surface area contributed by atoms with Crippen molar-refractivity contribution >= 4 is 22.9 Å². The summed E-state index contributed by atoms with van der Waals surface area (Å²) in [6.45, 7) is 8.01. The molecule has 132 valence electrons. The van der Waals surface area contributed by atoms with Crippen molar-refractivity contribution in [2.24, 2.45) is 0 Å². The molecule has 0 aliphatic heterocycles. The molecule has 0 atom stereocenters. The third-order valence-corrected chi connectivity index (χ3v) is 5.14. The predicted octanol–water partition coefficient (Wildman–Crippen LogP) is 2.92. The smallest absolute Gasteiger partial charge is 0.256 e. The average Bonchev–Trinajstić information content (AvgIpc) is 3.31. The fraction of sp³-hybridized carbons (Fsp3) is 0.389. The van der Waals surface area contributed by atoms with E-state index in [2.05, 4.69) is 34.1 Å². The molecule has 0 unspecified atom stereocenters. The predicted molar refractivity (Wildman–Crippen MR) is 101 cm³/mol. The molecule has 0 fully saturated rings. The first kappa shape index (κ1) is 17.6.